The van der Waals surface area contributed by atoms with Crippen LogP contribution < -0.4 is 0 Å². The number of aryl methyl sites for hydroxylation is 1. The molecular weight excluding hydrogens is 235 g/mol. The predicted octanol–water partition coefficient (Wildman–Crippen LogP) is 2.75. The second-order valence-electron chi connectivity index (χ2n) is 2.24. The molecule has 0 saturated heterocycles. The quantitative estimate of drug-likeness (QED) is 0.528. The molecule has 1 aromatic carbocycles. The zero-order valence-corrected chi connectivity index (χ0v) is 8.42. The molecule has 0 spiro atoms. The number of alkyl halides is 1. The van der Waals surface area contributed by atoms with Crippen LogP contribution in [0.2, 0.25) is 0 Å². The van der Waals surface area contributed by atoms with Crippen molar-refractivity contribution < 1.29 is 0 Å². The summed E-state index contributed by atoms with van der Waals surface area (Å²) in [7, 11) is 0. The Morgan fingerprint density at radius 1 is 1.20 bits per heavy atom. The number of benzene rings is 1. The average Bonchev–Trinajstić information content (AvgIpc) is 1.95. The molecule has 0 N–H and O–H groups in total. The van der Waals surface area contributed by atoms with Gasteiger partial charge in [-0.05, 0) is 21.4 Å². The maximum atomic E-state index is 2.33. The first-order chi connectivity index (χ1) is 4.83. The molecule has 0 aliphatic rings. The molecule has 0 aliphatic heterocycles. The molecule has 1 rings (SSSR count). The largest absolute Gasteiger partial charge is 0.126 e. The number of rotatable bonds is 1. The Hall–Kier alpha value is -0.180. The first kappa shape index (κ1) is 7.92. The van der Waals surface area contributed by atoms with Gasteiger partial charge in [-0.1, -0.05) is 29.8 Å². The van der Waals surface area contributed by atoms with E-state index in [9.17, 15) is 0 Å². The van der Waals surface area contributed by atoms with Gasteiger partial charge in [0.2, 0.25) is 0 Å². The summed E-state index contributed by atoms with van der Waals surface area (Å²) in [6.07, 6.45) is 0. The van der Waals surface area contributed by atoms with Crippen molar-refractivity contribution >= 4 is 24.7 Å². The monoisotopic (exact) mass is 246 g/mol. The maximum absolute atomic E-state index is 2.33. The van der Waals surface area contributed by atoms with E-state index in [-0.39, 0.29) is 0 Å². The molecule has 0 amide bonds. The van der Waals surface area contributed by atoms with Crippen LogP contribution in [0.4, 0.5) is 0 Å². The summed E-state index contributed by atoms with van der Waals surface area (Å²) in [6.45, 7) is 2.12. The lowest BCUT2D eigenvalue weighted by molar-refractivity contribution is 1.47. The van der Waals surface area contributed by atoms with Crippen LogP contribution in [-0.4, -0.2) is 8.94 Å². The van der Waals surface area contributed by atoms with Gasteiger partial charge in [-0.15, -0.1) is 20.7 Å². The van der Waals surface area contributed by atoms with Crippen molar-refractivity contribution in [1.29, 1.82) is 0 Å². The number of halogens is 1. The first-order valence-corrected chi connectivity index (χ1v) is 6.61. The van der Waals surface area contributed by atoms with Crippen LogP contribution in [0.25, 0.3) is 0 Å². The van der Waals surface area contributed by atoms with Gasteiger partial charge in [0.05, 0.1) is 0 Å². The summed E-state index contributed by atoms with van der Waals surface area (Å²) in [5.41, 5.74) is 2.72. The Morgan fingerprint density at radius 3 is 2.30 bits per heavy atom. The molecule has 0 unspecified atom stereocenters. The van der Waals surface area contributed by atoms with Gasteiger partial charge in [-0.25, -0.2) is 0 Å². The van der Waals surface area contributed by atoms with Gasteiger partial charge in [0.15, 0.2) is 0 Å². The summed E-state index contributed by atoms with van der Waals surface area (Å²) in [5.74, 6) is 0. The van der Waals surface area contributed by atoms with Crippen LogP contribution in [0.1, 0.15) is 11.1 Å². The molecule has 0 saturated carbocycles. The Bertz CT molecular complexity index is 221. The fourth-order valence-electron chi connectivity index (χ4n) is 0.765. The van der Waals surface area contributed by atoms with Gasteiger partial charge in [0.1, 0.15) is 0 Å². The summed E-state index contributed by atoms with van der Waals surface area (Å²) in [6, 6.07) is 8.67. The van der Waals surface area contributed by atoms with Crippen molar-refractivity contribution in [3.05, 3.63) is 35.4 Å². The first-order valence-electron chi connectivity index (χ1n) is 3.21. The van der Waals surface area contributed by atoms with Crippen LogP contribution in [0, 0.1) is 6.92 Å². The highest BCUT2D eigenvalue weighted by molar-refractivity contribution is 14.2. The van der Waals surface area contributed by atoms with Gasteiger partial charge in [0, 0.05) is 0 Å². The standard InChI is InChI=1S/C9H11I/c1-8-3-5-9(6-4-8)7-10-2/h3-7H,1-2H3. The van der Waals surface area contributed by atoms with E-state index in [0.717, 1.165) is 0 Å². The Labute approximate surface area is 72.0 Å². The van der Waals surface area contributed by atoms with Gasteiger partial charge in [-0.3, -0.25) is 0 Å². The summed E-state index contributed by atoms with van der Waals surface area (Å²) in [4.78, 5) is 2.26. The van der Waals surface area contributed by atoms with Gasteiger partial charge in [-0.2, -0.15) is 0 Å². The van der Waals surface area contributed by atoms with Crippen molar-refractivity contribution in [2.45, 2.75) is 6.92 Å². The average molecular weight is 246 g/mol. The molecule has 0 atom stereocenters. The summed E-state index contributed by atoms with van der Waals surface area (Å²) in [5, 5.41) is 0. The lowest BCUT2D eigenvalue weighted by atomic mass is 10.2. The van der Waals surface area contributed by atoms with E-state index < -0.39 is 0 Å². The third-order valence-corrected chi connectivity index (χ3v) is 2.65. The SMILES string of the molecule is CI=Cc1ccc(C)cc1. The Balaban J connectivity index is 2.89. The Kier molecular flexibility index (Phi) is 3.06. The highest BCUT2D eigenvalue weighted by Gasteiger charge is 1.83. The summed E-state index contributed by atoms with van der Waals surface area (Å²) >= 11 is 0.294. The van der Waals surface area contributed by atoms with E-state index in [2.05, 4.69) is 40.1 Å². The second-order valence-corrected chi connectivity index (χ2v) is 4.11. The van der Waals surface area contributed by atoms with Crippen LogP contribution in [0.3, 0.4) is 0 Å². The zero-order chi connectivity index (χ0) is 7.40. The van der Waals surface area contributed by atoms with E-state index >= 15 is 0 Å². The predicted molar refractivity (Wildman–Crippen MR) is 56.3 cm³/mol. The third kappa shape index (κ3) is 2.21. The van der Waals surface area contributed by atoms with Crippen molar-refractivity contribution in [2.75, 3.05) is 4.93 Å². The molecular formula is C9H11I. The molecule has 0 bridgehead atoms. The molecule has 0 fully saturated rings. The fourth-order valence-corrected chi connectivity index (χ4v) is 1.90. The van der Waals surface area contributed by atoms with E-state index in [4.69, 9.17) is 0 Å². The van der Waals surface area contributed by atoms with Crippen LogP contribution >= 0.6 is 20.7 Å². The smallest absolute Gasteiger partial charge is 0.0169 e. The van der Waals surface area contributed by atoms with Crippen molar-refractivity contribution in [3.8, 4) is 0 Å². The molecule has 10 heavy (non-hydrogen) atoms. The van der Waals surface area contributed by atoms with Crippen molar-refractivity contribution in [2.24, 2.45) is 0 Å². The van der Waals surface area contributed by atoms with Crippen LogP contribution in [0.5, 0.6) is 0 Å². The maximum Gasteiger partial charge on any atom is -0.0169 e. The minimum atomic E-state index is 0.294. The van der Waals surface area contributed by atoms with Crippen molar-refractivity contribution in [1.82, 2.24) is 0 Å². The number of hydrogen-bond acceptors (Lipinski definition) is 0. The van der Waals surface area contributed by atoms with Crippen LogP contribution in [-0.2, 0) is 0 Å². The molecule has 0 nitrogen and oxygen atoms in total. The van der Waals surface area contributed by atoms with E-state index in [0.29, 0.717) is 20.7 Å². The minimum Gasteiger partial charge on any atom is -0.126 e. The molecule has 0 radical (unpaired) electrons. The number of hydrogen-bond donors (Lipinski definition) is 0. The highest BCUT2D eigenvalue weighted by atomic mass is 127. The molecule has 0 aliphatic carbocycles. The summed E-state index contributed by atoms with van der Waals surface area (Å²) < 4.78 is 2.33. The lowest BCUT2D eigenvalue weighted by Gasteiger charge is -1.92. The molecule has 0 aromatic heterocycles. The topological polar surface area (TPSA) is 0 Å². The van der Waals surface area contributed by atoms with Crippen LogP contribution in [0.15, 0.2) is 24.3 Å². The Morgan fingerprint density at radius 2 is 1.80 bits per heavy atom. The highest BCUT2D eigenvalue weighted by Crippen LogP contribution is 2.02. The minimum absolute atomic E-state index is 0.294. The van der Waals surface area contributed by atoms with Gasteiger partial charge >= 0.3 is 0 Å². The molecule has 0 heterocycles. The van der Waals surface area contributed by atoms with Gasteiger partial charge < -0.3 is 0 Å². The van der Waals surface area contributed by atoms with E-state index in [1.807, 2.05) is 0 Å². The van der Waals surface area contributed by atoms with Gasteiger partial charge in [0.25, 0.3) is 0 Å². The normalized spacial score (nSPS) is 11.4. The molecule has 1 aromatic rings. The van der Waals surface area contributed by atoms with E-state index in [1.54, 1.807) is 0 Å². The third-order valence-electron chi connectivity index (χ3n) is 1.31. The van der Waals surface area contributed by atoms with E-state index in [1.165, 1.54) is 11.1 Å². The second kappa shape index (κ2) is 3.86. The zero-order valence-electron chi connectivity index (χ0n) is 6.26. The fraction of sp³-hybridized carbons (Fsp3) is 0.222. The lowest BCUT2D eigenvalue weighted by Crippen LogP contribution is -1.76. The van der Waals surface area contributed by atoms with Crippen molar-refractivity contribution in [3.63, 3.8) is 0 Å². The molecule has 1 heteroatoms. The molecule has 54 valence electrons.